The minimum Gasteiger partial charge on any atom is -0.508 e. The Kier molecular flexibility index (Phi) is 3.80. The zero-order chi connectivity index (χ0) is 11.4. The molecule has 0 aromatic heterocycles. The quantitative estimate of drug-likeness (QED) is 0.808. The average molecular weight is 220 g/mol. The first kappa shape index (κ1) is 11.4. The number of benzene rings is 1. The number of nitrogens with zero attached hydrogens (tertiary/aromatic N) is 1. The van der Waals surface area contributed by atoms with E-state index in [4.69, 9.17) is 0 Å². The van der Waals surface area contributed by atoms with Crippen molar-refractivity contribution in [1.29, 1.82) is 0 Å². The van der Waals surface area contributed by atoms with Crippen molar-refractivity contribution < 1.29 is 5.11 Å². The number of likely N-dealkylation sites (N-methyl/N-ethyl adjacent to an activating group) is 1. The first-order valence-electron chi connectivity index (χ1n) is 5.94. The van der Waals surface area contributed by atoms with E-state index < -0.39 is 0 Å². The molecule has 1 heterocycles. The summed E-state index contributed by atoms with van der Waals surface area (Å²) >= 11 is 0. The van der Waals surface area contributed by atoms with E-state index in [0.717, 1.165) is 19.6 Å². The van der Waals surface area contributed by atoms with Crippen LogP contribution in [0.2, 0.25) is 0 Å². The third-order valence-electron chi connectivity index (χ3n) is 3.06. The number of aromatic hydroxyl groups is 1. The largest absolute Gasteiger partial charge is 0.508 e. The van der Waals surface area contributed by atoms with Gasteiger partial charge in [0, 0.05) is 19.1 Å². The Morgan fingerprint density at radius 3 is 3.06 bits per heavy atom. The van der Waals surface area contributed by atoms with Gasteiger partial charge in [-0.15, -0.1) is 0 Å². The molecule has 1 atom stereocenters. The van der Waals surface area contributed by atoms with Gasteiger partial charge in [-0.2, -0.15) is 0 Å². The second-order valence-electron chi connectivity index (χ2n) is 4.66. The summed E-state index contributed by atoms with van der Waals surface area (Å²) in [6.45, 7) is 3.13. The van der Waals surface area contributed by atoms with Gasteiger partial charge in [0.15, 0.2) is 0 Å². The highest BCUT2D eigenvalue weighted by Gasteiger charge is 2.15. The molecular formula is C13H20N2O. The van der Waals surface area contributed by atoms with Gasteiger partial charge >= 0.3 is 0 Å². The molecule has 0 radical (unpaired) electrons. The fourth-order valence-corrected chi connectivity index (χ4v) is 2.32. The molecule has 1 saturated heterocycles. The smallest absolute Gasteiger partial charge is 0.115 e. The normalized spacial score (nSPS) is 20.5. The van der Waals surface area contributed by atoms with Gasteiger partial charge in [0.2, 0.25) is 0 Å². The molecule has 2 rings (SSSR count). The number of phenols is 1. The number of phenolic OH excluding ortho intramolecular Hbond substituents is 1. The summed E-state index contributed by atoms with van der Waals surface area (Å²) in [6.07, 6.45) is 2.58. The first-order valence-corrected chi connectivity index (χ1v) is 5.94. The van der Waals surface area contributed by atoms with Crippen molar-refractivity contribution in [3.05, 3.63) is 29.8 Å². The molecule has 1 unspecified atom stereocenters. The Morgan fingerprint density at radius 2 is 2.38 bits per heavy atom. The Labute approximate surface area is 97.1 Å². The molecule has 88 valence electrons. The van der Waals surface area contributed by atoms with Crippen LogP contribution in [0.4, 0.5) is 0 Å². The van der Waals surface area contributed by atoms with Gasteiger partial charge in [0.1, 0.15) is 5.75 Å². The highest BCUT2D eigenvalue weighted by molar-refractivity contribution is 5.26. The van der Waals surface area contributed by atoms with Gasteiger partial charge in [0.25, 0.3) is 0 Å². The van der Waals surface area contributed by atoms with Crippen molar-refractivity contribution in [3.8, 4) is 5.75 Å². The third-order valence-corrected chi connectivity index (χ3v) is 3.06. The van der Waals surface area contributed by atoms with Gasteiger partial charge in [-0.1, -0.05) is 12.1 Å². The minimum absolute atomic E-state index is 0.352. The second kappa shape index (κ2) is 5.32. The summed E-state index contributed by atoms with van der Waals surface area (Å²) in [5.41, 5.74) is 1.17. The highest BCUT2D eigenvalue weighted by atomic mass is 16.3. The van der Waals surface area contributed by atoms with Crippen LogP contribution in [0.15, 0.2) is 24.3 Å². The Hall–Kier alpha value is -1.06. The van der Waals surface area contributed by atoms with E-state index in [1.54, 1.807) is 6.07 Å². The van der Waals surface area contributed by atoms with Crippen LogP contribution in [0.25, 0.3) is 0 Å². The predicted octanol–water partition coefficient (Wildman–Crippen LogP) is 1.58. The van der Waals surface area contributed by atoms with Crippen molar-refractivity contribution in [1.82, 2.24) is 10.2 Å². The molecule has 2 N–H and O–H groups in total. The molecule has 3 nitrogen and oxygen atoms in total. The van der Waals surface area contributed by atoms with Crippen molar-refractivity contribution in [2.45, 2.75) is 25.4 Å². The number of hydrogen-bond acceptors (Lipinski definition) is 3. The molecule has 1 aliphatic rings. The first-order chi connectivity index (χ1) is 7.74. The van der Waals surface area contributed by atoms with Crippen LogP contribution in [0.5, 0.6) is 5.75 Å². The Morgan fingerprint density at radius 1 is 1.50 bits per heavy atom. The molecule has 0 spiro atoms. The zero-order valence-corrected chi connectivity index (χ0v) is 9.82. The maximum atomic E-state index is 9.38. The summed E-state index contributed by atoms with van der Waals surface area (Å²) in [4.78, 5) is 2.30. The Bertz CT molecular complexity index is 334. The van der Waals surface area contributed by atoms with E-state index in [2.05, 4.69) is 23.3 Å². The molecule has 16 heavy (non-hydrogen) atoms. The number of hydrogen-bond donors (Lipinski definition) is 2. The third kappa shape index (κ3) is 3.22. The lowest BCUT2D eigenvalue weighted by atomic mass is 10.2. The molecule has 1 aromatic rings. The SMILES string of the molecule is CN(Cc1cccc(O)c1)CC1CCCN1. The van der Waals surface area contributed by atoms with Gasteiger partial charge < -0.3 is 15.3 Å². The summed E-state index contributed by atoms with van der Waals surface area (Å²) in [7, 11) is 2.13. The minimum atomic E-state index is 0.352. The molecule has 3 heteroatoms. The number of nitrogens with one attached hydrogen (secondary N) is 1. The second-order valence-corrected chi connectivity index (χ2v) is 4.66. The van der Waals surface area contributed by atoms with Crippen molar-refractivity contribution in [2.24, 2.45) is 0 Å². The van der Waals surface area contributed by atoms with Crippen LogP contribution < -0.4 is 5.32 Å². The highest BCUT2D eigenvalue weighted by Crippen LogP contribution is 2.13. The van der Waals surface area contributed by atoms with Gasteiger partial charge in [-0.05, 0) is 44.1 Å². The molecule has 0 aliphatic carbocycles. The van der Waals surface area contributed by atoms with Gasteiger partial charge in [0.05, 0.1) is 0 Å². The lowest BCUT2D eigenvalue weighted by molar-refractivity contribution is 0.293. The van der Waals surface area contributed by atoms with E-state index in [1.807, 2.05) is 12.1 Å². The van der Waals surface area contributed by atoms with Crippen LogP contribution >= 0.6 is 0 Å². The van der Waals surface area contributed by atoms with Crippen LogP contribution in [-0.4, -0.2) is 36.2 Å². The van der Waals surface area contributed by atoms with Crippen LogP contribution in [0, 0.1) is 0 Å². The molecule has 1 fully saturated rings. The topological polar surface area (TPSA) is 35.5 Å². The van der Waals surface area contributed by atoms with E-state index >= 15 is 0 Å². The summed E-state index contributed by atoms with van der Waals surface area (Å²) in [5.74, 6) is 0.352. The number of rotatable bonds is 4. The van der Waals surface area contributed by atoms with Crippen LogP contribution in [0.1, 0.15) is 18.4 Å². The molecule has 0 bridgehead atoms. The molecule has 0 saturated carbocycles. The van der Waals surface area contributed by atoms with Crippen molar-refractivity contribution >= 4 is 0 Å². The van der Waals surface area contributed by atoms with Gasteiger partial charge in [-0.3, -0.25) is 0 Å². The fourth-order valence-electron chi connectivity index (χ4n) is 2.32. The average Bonchev–Trinajstić information content (AvgIpc) is 2.70. The standard InChI is InChI=1S/C13H20N2O/c1-15(10-12-5-3-7-14-12)9-11-4-2-6-13(16)8-11/h2,4,6,8,12,14,16H,3,5,7,9-10H2,1H3. The molecule has 1 aliphatic heterocycles. The lowest BCUT2D eigenvalue weighted by Crippen LogP contribution is -2.34. The summed E-state index contributed by atoms with van der Waals surface area (Å²) in [5, 5.41) is 12.9. The molecular weight excluding hydrogens is 200 g/mol. The van der Waals surface area contributed by atoms with Crippen LogP contribution in [0.3, 0.4) is 0 Å². The summed E-state index contributed by atoms with van der Waals surface area (Å²) < 4.78 is 0. The Balaban J connectivity index is 1.84. The maximum Gasteiger partial charge on any atom is 0.115 e. The van der Waals surface area contributed by atoms with Crippen LogP contribution in [-0.2, 0) is 6.54 Å². The molecule has 0 amide bonds. The molecule has 1 aromatic carbocycles. The fraction of sp³-hybridized carbons (Fsp3) is 0.538. The van der Waals surface area contributed by atoms with Crippen molar-refractivity contribution in [2.75, 3.05) is 20.1 Å². The van der Waals surface area contributed by atoms with E-state index in [0.29, 0.717) is 11.8 Å². The predicted molar refractivity (Wildman–Crippen MR) is 65.5 cm³/mol. The van der Waals surface area contributed by atoms with Gasteiger partial charge in [-0.25, -0.2) is 0 Å². The van der Waals surface area contributed by atoms with E-state index in [1.165, 1.54) is 18.4 Å². The summed E-state index contributed by atoms with van der Waals surface area (Å²) in [6, 6.07) is 8.13. The van der Waals surface area contributed by atoms with E-state index in [-0.39, 0.29) is 0 Å². The van der Waals surface area contributed by atoms with E-state index in [9.17, 15) is 5.11 Å². The monoisotopic (exact) mass is 220 g/mol. The maximum absolute atomic E-state index is 9.38. The zero-order valence-electron chi connectivity index (χ0n) is 9.82. The van der Waals surface area contributed by atoms with Crippen molar-refractivity contribution in [3.63, 3.8) is 0 Å². The lowest BCUT2D eigenvalue weighted by Gasteiger charge is -2.21.